The Balaban J connectivity index is 2.57. The van der Waals surface area contributed by atoms with Gasteiger partial charge in [0.1, 0.15) is 5.75 Å². The molecule has 4 nitrogen and oxygen atoms in total. The molecule has 2 atom stereocenters. The van der Waals surface area contributed by atoms with E-state index in [9.17, 15) is 4.79 Å². The Bertz CT molecular complexity index is 520. The molecule has 0 amide bonds. The van der Waals surface area contributed by atoms with E-state index in [1.165, 1.54) is 7.11 Å². The van der Waals surface area contributed by atoms with Gasteiger partial charge >= 0.3 is 5.97 Å². The predicted molar refractivity (Wildman–Crippen MR) is 71.6 cm³/mol. The highest BCUT2D eigenvalue weighted by Crippen LogP contribution is 2.41. The summed E-state index contributed by atoms with van der Waals surface area (Å²) in [6.07, 6.45) is 5.32. The Hall–Kier alpha value is -1.99. The minimum absolute atomic E-state index is 0.0804. The highest BCUT2D eigenvalue weighted by atomic mass is 16.5. The van der Waals surface area contributed by atoms with Crippen molar-refractivity contribution in [3.05, 3.63) is 29.8 Å². The lowest BCUT2D eigenvalue weighted by Crippen LogP contribution is -2.57. The van der Waals surface area contributed by atoms with Crippen molar-refractivity contribution in [3.8, 4) is 18.1 Å². The zero-order valence-electron chi connectivity index (χ0n) is 11.1. The van der Waals surface area contributed by atoms with Gasteiger partial charge in [0.15, 0.2) is 5.54 Å². The number of hydrogen-bond acceptors (Lipinski definition) is 4. The molecule has 0 spiro atoms. The summed E-state index contributed by atoms with van der Waals surface area (Å²) in [5.74, 6) is 2.78. The first-order chi connectivity index (χ1) is 9.16. The number of esters is 1. The van der Waals surface area contributed by atoms with Crippen molar-refractivity contribution in [2.45, 2.75) is 12.5 Å². The maximum Gasteiger partial charge on any atom is 0.331 e. The topological polar surface area (TPSA) is 47.6 Å². The molecule has 1 heterocycles. The Morgan fingerprint density at radius 2 is 2.37 bits per heavy atom. The SMILES string of the molecule is C#CCNC1(C(=O)OC)c2ccccc2OCC1C. The number of hydrogen-bond donors (Lipinski definition) is 1. The van der Waals surface area contributed by atoms with Gasteiger partial charge in [-0.2, -0.15) is 0 Å². The van der Waals surface area contributed by atoms with Crippen molar-refractivity contribution in [2.75, 3.05) is 20.3 Å². The normalized spacial score (nSPS) is 24.8. The predicted octanol–water partition coefficient (Wildman–Crippen LogP) is 1.31. The third kappa shape index (κ3) is 2.06. The van der Waals surface area contributed by atoms with Crippen molar-refractivity contribution in [1.29, 1.82) is 0 Å². The quantitative estimate of drug-likeness (QED) is 0.656. The Morgan fingerprint density at radius 3 is 3.05 bits per heavy atom. The average Bonchev–Trinajstić information content (AvgIpc) is 2.46. The lowest BCUT2D eigenvalue weighted by atomic mass is 9.77. The van der Waals surface area contributed by atoms with E-state index in [0.717, 1.165) is 5.56 Å². The summed E-state index contributed by atoms with van der Waals surface area (Å²) < 4.78 is 10.7. The van der Waals surface area contributed by atoms with E-state index in [2.05, 4.69) is 11.2 Å². The molecule has 0 aliphatic carbocycles. The number of methoxy groups -OCH3 is 1. The van der Waals surface area contributed by atoms with E-state index >= 15 is 0 Å². The van der Waals surface area contributed by atoms with Crippen LogP contribution in [0.4, 0.5) is 0 Å². The summed E-state index contributed by atoms with van der Waals surface area (Å²) in [5.41, 5.74) is -0.175. The standard InChI is InChI=1S/C15H17NO3/c1-4-9-16-15(14(17)18-3)11(2)10-19-13-8-6-5-7-12(13)15/h1,5-8,11,16H,9-10H2,2-3H3. The molecular weight excluding hydrogens is 242 g/mol. The Labute approximate surface area is 113 Å². The third-order valence-electron chi connectivity index (χ3n) is 3.52. The molecule has 100 valence electrons. The zero-order valence-corrected chi connectivity index (χ0v) is 11.1. The van der Waals surface area contributed by atoms with Crippen molar-refractivity contribution in [1.82, 2.24) is 5.32 Å². The van der Waals surface area contributed by atoms with Crippen LogP contribution in [-0.4, -0.2) is 26.2 Å². The van der Waals surface area contributed by atoms with Gasteiger partial charge in [0.2, 0.25) is 0 Å². The number of terminal acetylenes is 1. The van der Waals surface area contributed by atoms with Gasteiger partial charge in [-0.3, -0.25) is 5.32 Å². The van der Waals surface area contributed by atoms with Gasteiger partial charge < -0.3 is 9.47 Å². The third-order valence-corrected chi connectivity index (χ3v) is 3.52. The fraction of sp³-hybridized carbons (Fsp3) is 0.400. The van der Waals surface area contributed by atoms with E-state index in [-0.39, 0.29) is 18.4 Å². The summed E-state index contributed by atoms with van der Waals surface area (Å²) in [7, 11) is 1.38. The molecule has 0 saturated heterocycles. The van der Waals surface area contributed by atoms with Crippen LogP contribution in [0.1, 0.15) is 12.5 Å². The van der Waals surface area contributed by atoms with Crippen LogP contribution in [-0.2, 0) is 15.1 Å². The van der Waals surface area contributed by atoms with Crippen LogP contribution >= 0.6 is 0 Å². The van der Waals surface area contributed by atoms with Gasteiger partial charge in [-0.25, -0.2) is 4.79 Å². The fourth-order valence-electron chi connectivity index (χ4n) is 2.53. The maximum absolute atomic E-state index is 12.4. The second-order valence-electron chi connectivity index (χ2n) is 4.57. The summed E-state index contributed by atoms with van der Waals surface area (Å²) in [6.45, 7) is 2.66. The fourth-order valence-corrected chi connectivity index (χ4v) is 2.53. The van der Waals surface area contributed by atoms with Gasteiger partial charge in [0.25, 0.3) is 0 Å². The van der Waals surface area contributed by atoms with Gasteiger partial charge in [-0.15, -0.1) is 6.42 Å². The van der Waals surface area contributed by atoms with Crippen LogP contribution in [0.5, 0.6) is 5.75 Å². The van der Waals surface area contributed by atoms with Gasteiger partial charge in [-0.05, 0) is 6.07 Å². The highest BCUT2D eigenvalue weighted by Gasteiger charge is 2.50. The van der Waals surface area contributed by atoms with Crippen LogP contribution in [0.25, 0.3) is 0 Å². The van der Waals surface area contributed by atoms with Crippen molar-refractivity contribution >= 4 is 5.97 Å². The summed E-state index contributed by atoms with van der Waals surface area (Å²) in [6, 6.07) is 7.45. The molecule has 1 aromatic carbocycles. The minimum Gasteiger partial charge on any atom is -0.493 e. The zero-order chi connectivity index (χ0) is 13.9. The molecule has 1 aromatic rings. The Morgan fingerprint density at radius 1 is 1.63 bits per heavy atom. The van der Waals surface area contributed by atoms with Crippen molar-refractivity contribution in [3.63, 3.8) is 0 Å². The molecule has 1 N–H and O–H groups in total. The first kappa shape index (κ1) is 13.4. The number of nitrogens with one attached hydrogen (secondary N) is 1. The lowest BCUT2D eigenvalue weighted by molar-refractivity contribution is -0.153. The molecule has 2 rings (SSSR count). The number of benzene rings is 1. The molecule has 0 aromatic heterocycles. The summed E-state index contributed by atoms with van der Waals surface area (Å²) in [4.78, 5) is 12.4. The molecule has 0 radical (unpaired) electrons. The lowest BCUT2D eigenvalue weighted by Gasteiger charge is -2.41. The first-order valence-corrected chi connectivity index (χ1v) is 6.16. The molecule has 0 saturated carbocycles. The maximum atomic E-state index is 12.4. The summed E-state index contributed by atoms with van der Waals surface area (Å²) >= 11 is 0. The largest absolute Gasteiger partial charge is 0.493 e. The van der Waals surface area contributed by atoms with Crippen LogP contribution < -0.4 is 10.1 Å². The average molecular weight is 259 g/mol. The molecule has 1 aliphatic heterocycles. The van der Waals surface area contributed by atoms with E-state index in [1.54, 1.807) is 0 Å². The van der Waals surface area contributed by atoms with Crippen LogP contribution in [0.15, 0.2) is 24.3 Å². The number of fused-ring (bicyclic) bond motifs is 1. The highest BCUT2D eigenvalue weighted by molar-refractivity contribution is 5.84. The summed E-state index contributed by atoms with van der Waals surface area (Å²) in [5, 5.41) is 3.15. The monoisotopic (exact) mass is 259 g/mol. The molecule has 0 fully saturated rings. The molecular formula is C15H17NO3. The van der Waals surface area contributed by atoms with Crippen LogP contribution in [0.2, 0.25) is 0 Å². The van der Waals surface area contributed by atoms with Crippen molar-refractivity contribution in [2.24, 2.45) is 5.92 Å². The number of carbonyl (C=O) groups excluding carboxylic acids is 1. The second-order valence-corrected chi connectivity index (χ2v) is 4.57. The van der Waals surface area contributed by atoms with Gasteiger partial charge in [-0.1, -0.05) is 31.0 Å². The number of ether oxygens (including phenoxy) is 2. The first-order valence-electron chi connectivity index (χ1n) is 6.16. The minimum atomic E-state index is -0.948. The van der Waals surface area contributed by atoms with Crippen LogP contribution in [0, 0.1) is 18.3 Å². The van der Waals surface area contributed by atoms with E-state index in [0.29, 0.717) is 12.4 Å². The van der Waals surface area contributed by atoms with Crippen molar-refractivity contribution < 1.29 is 14.3 Å². The molecule has 0 bridgehead atoms. The molecule has 2 unspecified atom stereocenters. The smallest absolute Gasteiger partial charge is 0.331 e. The van der Waals surface area contributed by atoms with E-state index < -0.39 is 5.54 Å². The van der Waals surface area contributed by atoms with E-state index in [4.69, 9.17) is 15.9 Å². The number of para-hydroxylation sites is 1. The Kier molecular flexibility index (Phi) is 3.77. The second kappa shape index (κ2) is 5.33. The number of carbonyl (C=O) groups is 1. The molecule has 1 aliphatic rings. The number of rotatable bonds is 3. The van der Waals surface area contributed by atoms with Crippen LogP contribution in [0.3, 0.4) is 0 Å². The van der Waals surface area contributed by atoms with E-state index in [1.807, 2.05) is 31.2 Å². The molecule has 4 heteroatoms. The molecule has 19 heavy (non-hydrogen) atoms. The van der Waals surface area contributed by atoms with Gasteiger partial charge in [0, 0.05) is 11.5 Å². The van der Waals surface area contributed by atoms with Gasteiger partial charge in [0.05, 0.1) is 20.3 Å².